The number of amides is 1. The molecule has 6 nitrogen and oxygen atoms in total. The van der Waals surface area contributed by atoms with Gasteiger partial charge in [-0.1, -0.05) is 0 Å². The fraction of sp³-hybridized carbons (Fsp3) is 0.412. The topological polar surface area (TPSA) is 59.4 Å². The molecule has 122 valence electrons. The molecule has 1 aliphatic rings. The first-order chi connectivity index (χ1) is 11.1. The molecule has 2 aromatic rings. The van der Waals surface area contributed by atoms with E-state index in [0.717, 1.165) is 24.5 Å². The maximum atomic E-state index is 12.0. The number of carbonyl (C=O) groups excluding carboxylic acids is 1. The van der Waals surface area contributed by atoms with Crippen LogP contribution in [0, 0.1) is 0 Å². The van der Waals surface area contributed by atoms with Gasteiger partial charge in [0.05, 0.1) is 18.5 Å². The number of carbonyl (C=O) groups is 1. The van der Waals surface area contributed by atoms with Crippen molar-refractivity contribution >= 4 is 17.3 Å². The fourth-order valence-electron chi connectivity index (χ4n) is 2.89. The quantitative estimate of drug-likeness (QED) is 0.939. The van der Waals surface area contributed by atoms with Crippen LogP contribution >= 0.6 is 0 Å². The van der Waals surface area contributed by atoms with Crippen LogP contribution < -0.4 is 10.2 Å². The van der Waals surface area contributed by atoms with E-state index in [-0.39, 0.29) is 24.7 Å². The van der Waals surface area contributed by atoms with Gasteiger partial charge in [-0.25, -0.2) is 4.98 Å². The van der Waals surface area contributed by atoms with Crippen LogP contribution in [0.4, 0.5) is 11.4 Å². The molecule has 6 heteroatoms. The van der Waals surface area contributed by atoms with E-state index < -0.39 is 0 Å². The van der Waals surface area contributed by atoms with Crippen molar-refractivity contribution in [2.75, 3.05) is 23.3 Å². The molecule has 1 aromatic heterocycles. The molecule has 0 spiro atoms. The molecular weight excluding hydrogens is 292 g/mol. The van der Waals surface area contributed by atoms with Crippen LogP contribution in [0.5, 0.6) is 0 Å². The maximum absolute atomic E-state index is 12.0. The third kappa shape index (κ3) is 4.10. The summed E-state index contributed by atoms with van der Waals surface area (Å²) in [6, 6.07) is 7.95. The van der Waals surface area contributed by atoms with Crippen LogP contribution in [0.2, 0.25) is 0 Å². The van der Waals surface area contributed by atoms with Gasteiger partial charge in [0.1, 0.15) is 6.54 Å². The number of benzene rings is 1. The van der Waals surface area contributed by atoms with Crippen molar-refractivity contribution in [2.45, 2.75) is 32.6 Å². The minimum Gasteiger partial charge on any atom is -0.372 e. The maximum Gasteiger partial charge on any atom is 0.244 e. The number of rotatable bonds is 4. The SMILES string of the molecule is C[C@@H]1CN(c2ccc(NC(=O)Cn3ccnc3)cc2)C[C@H](C)O1. The molecule has 0 bridgehead atoms. The van der Waals surface area contributed by atoms with E-state index in [0.29, 0.717) is 0 Å². The largest absolute Gasteiger partial charge is 0.372 e. The molecule has 1 N–H and O–H groups in total. The number of nitrogens with one attached hydrogen (secondary N) is 1. The van der Waals surface area contributed by atoms with Crippen LogP contribution in [0.1, 0.15) is 13.8 Å². The van der Waals surface area contributed by atoms with Crippen molar-refractivity contribution in [1.82, 2.24) is 9.55 Å². The fourth-order valence-corrected chi connectivity index (χ4v) is 2.89. The van der Waals surface area contributed by atoms with Crippen molar-refractivity contribution in [3.63, 3.8) is 0 Å². The molecule has 0 saturated carbocycles. The number of nitrogens with zero attached hydrogens (tertiary/aromatic N) is 3. The number of hydrogen-bond acceptors (Lipinski definition) is 4. The first kappa shape index (κ1) is 15.6. The summed E-state index contributed by atoms with van der Waals surface area (Å²) in [5, 5.41) is 2.90. The van der Waals surface area contributed by atoms with Crippen molar-refractivity contribution in [3.05, 3.63) is 43.0 Å². The molecule has 2 atom stereocenters. The monoisotopic (exact) mass is 314 g/mol. The van der Waals surface area contributed by atoms with E-state index in [4.69, 9.17) is 4.74 Å². The molecule has 0 aliphatic carbocycles. The predicted molar refractivity (Wildman–Crippen MR) is 89.5 cm³/mol. The minimum atomic E-state index is -0.0654. The summed E-state index contributed by atoms with van der Waals surface area (Å²) in [5.74, 6) is -0.0654. The number of aromatic nitrogens is 2. The number of ether oxygens (including phenoxy) is 1. The summed E-state index contributed by atoms with van der Waals surface area (Å²) in [5.41, 5.74) is 1.95. The summed E-state index contributed by atoms with van der Waals surface area (Å²) >= 11 is 0. The predicted octanol–water partition coefficient (Wildman–Crippen LogP) is 2.14. The molecule has 0 radical (unpaired) electrons. The number of morpholine rings is 1. The average molecular weight is 314 g/mol. The second-order valence-corrected chi connectivity index (χ2v) is 5.99. The van der Waals surface area contributed by atoms with Gasteiger partial charge in [0.25, 0.3) is 0 Å². The third-order valence-corrected chi connectivity index (χ3v) is 3.82. The zero-order chi connectivity index (χ0) is 16.2. The molecular formula is C17H22N4O2. The lowest BCUT2D eigenvalue weighted by molar-refractivity contribution is -0.116. The van der Waals surface area contributed by atoms with Crippen molar-refractivity contribution in [1.29, 1.82) is 0 Å². The highest BCUT2D eigenvalue weighted by Gasteiger charge is 2.22. The third-order valence-electron chi connectivity index (χ3n) is 3.82. The van der Waals surface area contributed by atoms with E-state index >= 15 is 0 Å². The van der Waals surface area contributed by atoms with Gasteiger partial charge in [-0.05, 0) is 38.1 Å². The normalized spacial score (nSPS) is 21.2. The summed E-state index contributed by atoms with van der Waals surface area (Å²) < 4.78 is 7.49. The van der Waals surface area contributed by atoms with E-state index in [1.54, 1.807) is 23.3 Å². The van der Waals surface area contributed by atoms with Gasteiger partial charge >= 0.3 is 0 Å². The lowest BCUT2D eigenvalue weighted by Gasteiger charge is -2.36. The Labute approximate surface area is 136 Å². The molecule has 3 rings (SSSR count). The van der Waals surface area contributed by atoms with Gasteiger partial charge in [0, 0.05) is 36.9 Å². The first-order valence-corrected chi connectivity index (χ1v) is 7.86. The second-order valence-electron chi connectivity index (χ2n) is 5.99. The Hall–Kier alpha value is -2.34. The molecule has 2 heterocycles. The zero-order valence-corrected chi connectivity index (χ0v) is 13.5. The van der Waals surface area contributed by atoms with Crippen LogP contribution in [-0.4, -0.2) is 40.8 Å². The number of hydrogen-bond donors (Lipinski definition) is 1. The summed E-state index contributed by atoms with van der Waals surface area (Å²) in [4.78, 5) is 18.2. The van der Waals surface area contributed by atoms with Gasteiger partial charge in [-0.15, -0.1) is 0 Å². The Morgan fingerprint density at radius 2 is 1.96 bits per heavy atom. The second kappa shape index (κ2) is 6.83. The lowest BCUT2D eigenvalue weighted by atomic mass is 10.2. The van der Waals surface area contributed by atoms with Crippen LogP contribution in [0.3, 0.4) is 0 Å². The molecule has 1 aliphatic heterocycles. The Morgan fingerprint density at radius 1 is 1.26 bits per heavy atom. The van der Waals surface area contributed by atoms with Gasteiger partial charge < -0.3 is 19.5 Å². The Kier molecular flexibility index (Phi) is 4.62. The number of anilines is 2. The van der Waals surface area contributed by atoms with Crippen molar-refractivity contribution in [3.8, 4) is 0 Å². The Bertz CT molecular complexity index is 629. The van der Waals surface area contributed by atoms with Gasteiger partial charge in [0.2, 0.25) is 5.91 Å². The highest BCUT2D eigenvalue weighted by molar-refractivity contribution is 5.90. The van der Waals surface area contributed by atoms with E-state index in [9.17, 15) is 4.79 Å². The van der Waals surface area contributed by atoms with Crippen LogP contribution in [-0.2, 0) is 16.1 Å². The molecule has 1 fully saturated rings. The molecule has 1 aromatic carbocycles. The van der Waals surface area contributed by atoms with E-state index in [1.807, 2.05) is 24.3 Å². The molecule has 23 heavy (non-hydrogen) atoms. The average Bonchev–Trinajstić information content (AvgIpc) is 2.99. The van der Waals surface area contributed by atoms with Crippen LogP contribution in [0.25, 0.3) is 0 Å². The van der Waals surface area contributed by atoms with Gasteiger partial charge in [-0.3, -0.25) is 4.79 Å². The summed E-state index contributed by atoms with van der Waals surface area (Å²) in [7, 11) is 0. The smallest absolute Gasteiger partial charge is 0.244 e. The molecule has 1 amide bonds. The lowest BCUT2D eigenvalue weighted by Crippen LogP contribution is -2.45. The minimum absolute atomic E-state index is 0.0654. The number of imidazole rings is 1. The Balaban J connectivity index is 1.59. The highest BCUT2D eigenvalue weighted by atomic mass is 16.5. The van der Waals surface area contributed by atoms with Gasteiger partial charge in [-0.2, -0.15) is 0 Å². The highest BCUT2D eigenvalue weighted by Crippen LogP contribution is 2.22. The van der Waals surface area contributed by atoms with E-state index in [2.05, 4.69) is 29.0 Å². The van der Waals surface area contributed by atoms with Gasteiger partial charge in [0.15, 0.2) is 0 Å². The first-order valence-electron chi connectivity index (χ1n) is 7.86. The van der Waals surface area contributed by atoms with Crippen LogP contribution in [0.15, 0.2) is 43.0 Å². The van der Waals surface area contributed by atoms with E-state index in [1.165, 1.54) is 0 Å². The summed E-state index contributed by atoms with van der Waals surface area (Å²) in [6.45, 7) is 6.22. The standard InChI is InChI=1S/C17H22N4O2/c1-13-9-21(10-14(2)23-13)16-5-3-15(4-6-16)19-17(22)11-20-8-7-18-12-20/h3-8,12-14H,9-11H2,1-2H3,(H,19,22)/t13-,14+. The molecule has 0 unspecified atom stereocenters. The molecule has 1 saturated heterocycles. The Morgan fingerprint density at radius 3 is 2.57 bits per heavy atom. The summed E-state index contributed by atoms with van der Waals surface area (Å²) in [6.07, 6.45) is 5.51. The zero-order valence-electron chi connectivity index (χ0n) is 13.5. The van der Waals surface area contributed by atoms with Crippen molar-refractivity contribution < 1.29 is 9.53 Å². The van der Waals surface area contributed by atoms with Crippen molar-refractivity contribution in [2.24, 2.45) is 0 Å².